The zero-order valence-electron chi connectivity index (χ0n) is 13.9. The maximum absolute atomic E-state index is 7.57. The van der Waals surface area contributed by atoms with Crippen molar-refractivity contribution in [1.82, 2.24) is 0 Å². The Morgan fingerprint density at radius 3 is 0.938 bits per heavy atom. The van der Waals surface area contributed by atoms with Crippen molar-refractivity contribution in [1.29, 1.82) is 0 Å². The molecule has 0 spiro atoms. The normalized spacial score (nSPS) is 4.25. The van der Waals surface area contributed by atoms with Crippen LogP contribution in [-0.4, -0.2) is 40.6 Å². The Morgan fingerprint density at radius 2 is 0.938 bits per heavy atom. The van der Waals surface area contributed by atoms with Gasteiger partial charge in [0.15, 0.2) is 0 Å². The fraction of sp³-hybridized carbons (Fsp3) is 0.667. The minimum Gasteiger partial charge on any atom is -0.446 e. The maximum Gasteiger partial charge on any atom is 1.00 e. The van der Waals surface area contributed by atoms with E-state index in [-0.39, 0.29) is 14.9 Å². The van der Waals surface area contributed by atoms with Gasteiger partial charge in [-0.3, -0.25) is 0 Å². The van der Waals surface area contributed by atoms with Crippen molar-refractivity contribution < 1.29 is 23.6 Å². The van der Waals surface area contributed by atoms with Gasteiger partial charge in [0.1, 0.15) is 13.2 Å². The minimum absolute atomic E-state index is 0. The van der Waals surface area contributed by atoms with Gasteiger partial charge in [-0.05, 0) is 6.92 Å². The van der Waals surface area contributed by atoms with Crippen LogP contribution in [0.3, 0.4) is 0 Å². The predicted octanol–water partition coefficient (Wildman–Crippen LogP) is 1.34. The molecule has 0 aromatic rings. The first-order chi connectivity index (χ1) is 7.24. The zero-order valence-corrected chi connectivity index (χ0v) is 11.9. The fourth-order valence-corrected chi connectivity index (χ4v) is 0. The molecule has 0 amide bonds. The molecule has 0 unspecified atom stereocenters. The van der Waals surface area contributed by atoms with Gasteiger partial charge in [0, 0.05) is 20.5 Å². The van der Waals surface area contributed by atoms with Gasteiger partial charge < -0.3 is 20.8 Å². The lowest BCUT2D eigenvalue weighted by atomic mass is 10.9. The van der Waals surface area contributed by atoms with Gasteiger partial charge in [-0.2, -0.15) is 0 Å². The van der Waals surface area contributed by atoms with E-state index in [1.807, 2.05) is 0 Å². The van der Waals surface area contributed by atoms with Crippen LogP contribution in [0, 0.1) is 13.8 Å². The number of hydrogen-bond donors (Lipinski definition) is 1. The van der Waals surface area contributed by atoms with Crippen LogP contribution in [0.1, 0.15) is 37.5 Å². The first kappa shape index (κ1) is 45.4. The number of aliphatic hydroxyl groups is 1. The second kappa shape index (κ2) is 472. The molecular formula is C12H38O4+6. The van der Waals surface area contributed by atoms with Gasteiger partial charge in [0.05, 0.1) is 27.7 Å². The molecule has 0 radical (unpaired) electrons. The summed E-state index contributed by atoms with van der Waals surface area (Å²) in [5, 5.41) is 20.0. The Morgan fingerprint density at radius 1 is 0.938 bits per heavy atom. The summed E-state index contributed by atoms with van der Waals surface area (Å²) in [5.41, 5.74) is 0. The Kier molecular flexibility index (Phi) is 1340. The van der Waals surface area contributed by atoms with E-state index in [0.717, 1.165) is 0 Å². The van der Waals surface area contributed by atoms with E-state index in [9.17, 15) is 0 Å². The van der Waals surface area contributed by atoms with Gasteiger partial charge in [0.25, 0.3) is 0 Å². The second-order valence-corrected chi connectivity index (χ2v) is 1.02. The third-order valence-electron chi connectivity index (χ3n) is 0. The molecule has 0 aliphatic carbocycles. The average molecular weight is 246 g/mol. The van der Waals surface area contributed by atoms with Gasteiger partial charge in [0.2, 0.25) is 0 Å². The summed E-state index contributed by atoms with van der Waals surface area (Å²) in [6, 6.07) is 0. The highest BCUT2D eigenvalue weighted by molar-refractivity contribution is 4.22. The first-order valence-electron chi connectivity index (χ1n) is 5.06. The van der Waals surface area contributed by atoms with E-state index in [4.69, 9.17) is 15.3 Å². The number of rotatable bonds is 0. The lowest BCUT2D eigenvalue weighted by molar-refractivity contribution is 0.318. The van der Waals surface area contributed by atoms with Crippen LogP contribution in [0.15, 0.2) is 13.2 Å². The van der Waals surface area contributed by atoms with Crippen molar-refractivity contribution in [3.8, 4) is 0 Å². The molecular weight excluding hydrogens is 208 g/mol. The van der Waals surface area contributed by atoms with E-state index >= 15 is 0 Å². The van der Waals surface area contributed by atoms with Crippen molar-refractivity contribution in [2.45, 2.75) is 34.6 Å². The average Bonchev–Trinajstić information content (AvgIpc) is 2.29. The highest BCUT2D eigenvalue weighted by Crippen LogP contribution is 1.30. The van der Waals surface area contributed by atoms with Crippen LogP contribution in [0.25, 0.3) is 0 Å². The Labute approximate surface area is 106 Å². The van der Waals surface area contributed by atoms with Crippen LogP contribution in [0.4, 0.5) is 0 Å². The lowest BCUT2D eigenvalue weighted by Gasteiger charge is -1.52. The summed E-state index contributed by atoms with van der Waals surface area (Å²) in [6.07, 6.45) is 0. The molecule has 0 aliphatic rings. The summed E-state index contributed by atoms with van der Waals surface area (Å²) in [7, 11) is 0. The Bertz CT molecular complexity index is 33.3. The summed E-state index contributed by atoms with van der Waals surface area (Å²) >= 11 is 0. The van der Waals surface area contributed by atoms with E-state index in [1.54, 1.807) is 34.6 Å². The number of aliphatic hydroxyl groups excluding tert-OH is 1. The topological polar surface area (TPSA) is 97.5 Å². The molecule has 7 N–H and O–H groups in total. The van der Waals surface area contributed by atoms with Gasteiger partial charge in [-0.15, -0.1) is 13.2 Å². The van der Waals surface area contributed by atoms with E-state index in [0.29, 0.717) is 13.2 Å². The molecule has 104 valence electrons. The maximum atomic E-state index is 7.57. The molecule has 0 saturated carbocycles. The molecule has 0 aromatic carbocycles. The molecule has 0 heterocycles. The highest BCUT2D eigenvalue weighted by atomic mass is 16.3. The second-order valence-electron chi connectivity index (χ2n) is 1.02. The summed E-state index contributed by atoms with van der Waals surface area (Å²) < 4.78 is 0. The van der Waals surface area contributed by atoms with Crippen LogP contribution >= 0.6 is 0 Å². The zero-order chi connectivity index (χ0) is 14.1. The van der Waals surface area contributed by atoms with E-state index < -0.39 is 0 Å². The third kappa shape index (κ3) is 4370. The molecule has 0 bridgehead atoms. The summed E-state index contributed by atoms with van der Waals surface area (Å²) in [6.45, 7) is 22.5. The largest absolute Gasteiger partial charge is 1.00 e. The Hall–Kier alpha value is -0.680. The monoisotopic (exact) mass is 246 g/mol. The van der Waals surface area contributed by atoms with Gasteiger partial charge >= 0.3 is 2.85 Å². The lowest BCUT2D eigenvalue weighted by Crippen LogP contribution is -1.57. The summed E-state index contributed by atoms with van der Waals surface area (Å²) in [5.74, 6) is 0. The SMILES string of the molecule is C=C.CCO.CC[OH2+].CC[OH2+].O.[CH2+]C.[CH2+]C.[H+].[H+]. The molecule has 4 heteroatoms. The van der Waals surface area contributed by atoms with Crippen LogP contribution < -0.4 is 0 Å². The smallest absolute Gasteiger partial charge is 0.446 e. The molecule has 0 aromatic heterocycles. The van der Waals surface area contributed by atoms with Crippen molar-refractivity contribution in [2.75, 3.05) is 19.8 Å². The predicted molar refractivity (Wildman–Crippen MR) is 80.2 cm³/mol. The van der Waals surface area contributed by atoms with Crippen molar-refractivity contribution in [3.05, 3.63) is 27.0 Å². The summed E-state index contributed by atoms with van der Waals surface area (Å²) in [4.78, 5) is 0. The van der Waals surface area contributed by atoms with Crippen LogP contribution in [0.2, 0.25) is 0 Å². The molecule has 0 fully saturated rings. The van der Waals surface area contributed by atoms with Crippen molar-refractivity contribution in [2.24, 2.45) is 0 Å². The van der Waals surface area contributed by atoms with Crippen molar-refractivity contribution in [3.63, 3.8) is 0 Å². The van der Waals surface area contributed by atoms with Crippen LogP contribution in [-0.2, 0) is 0 Å². The van der Waals surface area contributed by atoms with Crippen molar-refractivity contribution >= 4 is 0 Å². The minimum atomic E-state index is 0. The van der Waals surface area contributed by atoms with E-state index in [2.05, 4.69) is 27.0 Å². The van der Waals surface area contributed by atoms with Gasteiger partial charge in [-0.25, -0.2) is 0 Å². The highest BCUT2D eigenvalue weighted by Gasteiger charge is 1.40. The standard InChI is InChI=1S/3C2H6O.2C2H5.C2H4.H2O/c3*1-2-3;3*1-2;/h3*3H,2H2,1H3;2*1H2,2H3;1-2H2;1H2/q;;;2*+1;;/p+4. The fourth-order valence-electron chi connectivity index (χ4n) is 0. The number of hydrogen-bond acceptors (Lipinski definition) is 1. The Balaban J connectivity index is -0.00000000755. The molecule has 16 heavy (non-hydrogen) atoms. The molecule has 0 atom stereocenters. The third-order valence-corrected chi connectivity index (χ3v) is 0. The quantitative estimate of drug-likeness (QED) is 0.389. The van der Waals surface area contributed by atoms with Crippen LogP contribution in [0.5, 0.6) is 0 Å². The molecule has 4 nitrogen and oxygen atoms in total. The molecule has 0 aliphatic heterocycles. The van der Waals surface area contributed by atoms with Gasteiger partial charge in [-0.1, -0.05) is 0 Å². The van der Waals surface area contributed by atoms with E-state index in [1.165, 1.54) is 0 Å². The molecule has 0 saturated heterocycles. The first-order valence-corrected chi connectivity index (χ1v) is 5.06. The molecule has 0 rings (SSSR count).